The second-order valence-corrected chi connectivity index (χ2v) is 24.1. The fourth-order valence-corrected chi connectivity index (χ4v) is 18.4. The summed E-state index contributed by atoms with van der Waals surface area (Å²) in [7, 11) is -3.10. The van der Waals surface area contributed by atoms with E-state index < -0.39 is 8.07 Å². The van der Waals surface area contributed by atoms with Gasteiger partial charge in [-0.05, 0) is 135 Å². The lowest BCUT2D eigenvalue weighted by molar-refractivity contribution is 1.18. The topological polar surface area (TPSA) is 9.86 Å². The minimum atomic E-state index is -3.10. The zero-order valence-corrected chi connectivity index (χ0v) is 42.0. The molecule has 0 N–H and O–H groups in total. The van der Waals surface area contributed by atoms with Crippen LogP contribution in [0.15, 0.2) is 279 Å². The molecule has 0 unspecified atom stereocenters. The Morgan fingerprint density at radius 3 is 0.840 bits per heavy atom. The van der Waals surface area contributed by atoms with E-state index >= 15 is 0 Å². The maximum Gasteiger partial charge on any atom is 0.180 e. The Labute approximate surface area is 434 Å². The number of hydrogen-bond donors (Lipinski definition) is 0. The molecule has 16 aromatic rings. The first-order valence-electron chi connectivity index (χ1n) is 26.1. The van der Waals surface area contributed by atoms with E-state index in [-0.39, 0.29) is 0 Å². The molecule has 0 aliphatic carbocycles. The number of nitrogens with zero attached hydrogens (tertiary/aromatic N) is 2. The largest absolute Gasteiger partial charge is 0.309 e. The summed E-state index contributed by atoms with van der Waals surface area (Å²) in [5, 5.41) is 21.0. The van der Waals surface area contributed by atoms with Crippen LogP contribution < -0.4 is 20.7 Å². The van der Waals surface area contributed by atoms with Gasteiger partial charge < -0.3 is 9.13 Å². The van der Waals surface area contributed by atoms with E-state index in [9.17, 15) is 0 Å². The molecule has 0 saturated heterocycles. The Kier molecular flexibility index (Phi) is 9.09. The molecule has 0 aliphatic heterocycles. The maximum absolute atomic E-state index is 3.10. The highest BCUT2D eigenvalue weighted by Crippen LogP contribution is 2.41. The van der Waals surface area contributed by atoms with Gasteiger partial charge in [0.05, 0.1) is 22.1 Å². The first kappa shape index (κ1) is 42.0. The van der Waals surface area contributed by atoms with Crippen LogP contribution in [0.3, 0.4) is 0 Å². The Hall–Kier alpha value is -9.54. The number of benzene rings is 14. The molecule has 2 aromatic heterocycles. The third-order valence-electron chi connectivity index (χ3n) is 16.6. The lowest BCUT2D eigenvalue weighted by Gasteiger charge is -2.36. The minimum Gasteiger partial charge on any atom is -0.309 e. The van der Waals surface area contributed by atoms with Crippen molar-refractivity contribution in [1.82, 2.24) is 9.13 Å². The van der Waals surface area contributed by atoms with E-state index in [1.807, 2.05) is 0 Å². The summed E-state index contributed by atoms with van der Waals surface area (Å²) in [4.78, 5) is 0. The average Bonchev–Trinajstić information content (AvgIpc) is 4.04. The molecular weight excluding hydrogens is 921 g/mol. The van der Waals surface area contributed by atoms with Crippen molar-refractivity contribution in [1.29, 1.82) is 0 Å². The first-order chi connectivity index (χ1) is 37.2. The fourth-order valence-electron chi connectivity index (χ4n) is 13.3. The Balaban J connectivity index is 0.837. The molecule has 75 heavy (non-hydrogen) atoms. The van der Waals surface area contributed by atoms with Crippen molar-refractivity contribution in [3.8, 4) is 33.6 Å². The highest BCUT2D eigenvalue weighted by atomic mass is 28.3. The van der Waals surface area contributed by atoms with Crippen molar-refractivity contribution >= 4 is 116 Å². The van der Waals surface area contributed by atoms with Crippen LogP contribution in [0.2, 0.25) is 0 Å². The summed E-state index contributed by atoms with van der Waals surface area (Å²) in [5.74, 6) is 0. The number of aromatic nitrogens is 2. The minimum absolute atomic E-state index is 1.16. The van der Waals surface area contributed by atoms with E-state index in [4.69, 9.17) is 0 Å². The molecule has 0 fully saturated rings. The highest BCUT2D eigenvalue weighted by Gasteiger charge is 2.43. The van der Waals surface area contributed by atoms with Crippen LogP contribution >= 0.6 is 0 Å². The predicted molar refractivity (Wildman–Crippen MR) is 322 cm³/mol. The van der Waals surface area contributed by atoms with Gasteiger partial charge in [-0.3, -0.25) is 0 Å². The SMILES string of the molecule is c1ccc2c([Si](c3ccc(-c4ccc(-n5c6cccc7ccc8cccc5c8c76)cc4)cc3)(c3ccc(-c4ccc(-n5c6cccc7ccc8cccc5c8c76)cc4)cc3)c3cccc4ccccc34)cccc2c1. The number of fused-ring (bicyclic) bond motifs is 2. The van der Waals surface area contributed by atoms with Gasteiger partial charge in [-0.1, -0.05) is 231 Å². The van der Waals surface area contributed by atoms with Gasteiger partial charge in [-0.2, -0.15) is 0 Å². The summed E-state index contributed by atoms with van der Waals surface area (Å²) in [5.41, 5.74) is 12.1. The molecule has 0 radical (unpaired) electrons. The summed E-state index contributed by atoms with van der Waals surface area (Å²) >= 11 is 0. The fraction of sp³-hybridized carbons (Fsp3) is 0. The molecule has 16 rings (SSSR count). The maximum atomic E-state index is 2.45. The second kappa shape index (κ2) is 16.2. The van der Waals surface area contributed by atoms with Gasteiger partial charge in [0.2, 0.25) is 0 Å². The lowest BCUT2D eigenvalue weighted by atomic mass is 10.0. The van der Waals surface area contributed by atoms with Gasteiger partial charge in [0, 0.05) is 32.9 Å². The van der Waals surface area contributed by atoms with E-state index in [1.54, 1.807) is 0 Å². The molecule has 2 heterocycles. The molecule has 3 heteroatoms. The molecule has 0 aliphatic rings. The normalized spacial score (nSPS) is 12.3. The molecule has 0 amide bonds. The Morgan fingerprint density at radius 2 is 0.493 bits per heavy atom. The molecule has 0 atom stereocenters. The zero-order chi connectivity index (χ0) is 49.2. The van der Waals surface area contributed by atoms with Crippen LogP contribution in [0.4, 0.5) is 0 Å². The molecule has 0 spiro atoms. The van der Waals surface area contributed by atoms with Crippen LogP contribution in [0.25, 0.3) is 120 Å². The lowest BCUT2D eigenvalue weighted by Crippen LogP contribution is -2.75. The van der Waals surface area contributed by atoms with Crippen molar-refractivity contribution in [3.05, 3.63) is 279 Å². The van der Waals surface area contributed by atoms with Crippen molar-refractivity contribution in [2.45, 2.75) is 0 Å². The number of hydrogen-bond acceptors (Lipinski definition) is 0. The van der Waals surface area contributed by atoms with E-state index in [2.05, 4.69) is 288 Å². The predicted octanol–water partition coefficient (Wildman–Crippen LogP) is 16.1. The van der Waals surface area contributed by atoms with Gasteiger partial charge in [0.25, 0.3) is 0 Å². The standard InChI is InChI=1S/C72H46N2Si/c1-3-19-61-51(11-1)13-9-25-67(61)75(68-26-10-14-52-12-2-4-20-62(52)68,59-43-35-49(36-44-59)47-31-39-57(40-32-47)73-63-21-5-15-53-27-28-54-16-6-22-64(73)70(54)69(53)63)60-45-37-50(38-46-60)48-33-41-58(42-34-48)74-65-23-7-17-55-29-30-56-18-8-24-66(74)72(56)71(55)65/h1-46H. The molecule has 2 nitrogen and oxygen atoms in total. The van der Waals surface area contributed by atoms with E-state index in [0.717, 1.165) is 11.4 Å². The highest BCUT2D eigenvalue weighted by molar-refractivity contribution is 7.21. The van der Waals surface area contributed by atoms with Crippen LogP contribution in [-0.4, -0.2) is 17.2 Å². The summed E-state index contributed by atoms with van der Waals surface area (Å²) in [6, 6.07) is 105. The molecule has 14 aromatic carbocycles. The Morgan fingerprint density at radius 1 is 0.213 bits per heavy atom. The molecule has 348 valence electrons. The van der Waals surface area contributed by atoms with Crippen molar-refractivity contribution in [2.75, 3.05) is 0 Å². The molecular formula is C72H46N2Si. The van der Waals surface area contributed by atoms with Gasteiger partial charge in [-0.25, -0.2) is 0 Å². The zero-order valence-electron chi connectivity index (χ0n) is 41.0. The third-order valence-corrected chi connectivity index (χ3v) is 21.5. The van der Waals surface area contributed by atoms with Crippen LogP contribution in [0.5, 0.6) is 0 Å². The summed E-state index contributed by atoms with van der Waals surface area (Å²) in [6.07, 6.45) is 0. The van der Waals surface area contributed by atoms with E-state index in [1.165, 1.54) is 130 Å². The van der Waals surface area contributed by atoms with Gasteiger partial charge in [0.15, 0.2) is 8.07 Å². The van der Waals surface area contributed by atoms with Gasteiger partial charge in [0.1, 0.15) is 0 Å². The van der Waals surface area contributed by atoms with E-state index in [0.29, 0.717) is 0 Å². The average molecular weight is 967 g/mol. The quantitative estimate of drug-likeness (QED) is 0.0816. The van der Waals surface area contributed by atoms with Gasteiger partial charge >= 0.3 is 0 Å². The summed E-state index contributed by atoms with van der Waals surface area (Å²) < 4.78 is 4.86. The molecule has 0 saturated carbocycles. The smallest absolute Gasteiger partial charge is 0.180 e. The van der Waals surface area contributed by atoms with Crippen LogP contribution in [-0.2, 0) is 0 Å². The van der Waals surface area contributed by atoms with Crippen molar-refractivity contribution in [2.24, 2.45) is 0 Å². The second-order valence-electron chi connectivity index (χ2n) is 20.4. The van der Waals surface area contributed by atoms with Crippen molar-refractivity contribution in [3.63, 3.8) is 0 Å². The third kappa shape index (κ3) is 6.13. The monoisotopic (exact) mass is 966 g/mol. The number of rotatable bonds is 8. The van der Waals surface area contributed by atoms with Gasteiger partial charge in [-0.15, -0.1) is 0 Å². The summed E-state index contributed by atoms with van der Waals surface area (Å²) in [6.45, 7) is 0. The molecule has 0 bridgehead atoms. The van der Waals surface area contributed by atoms with Crippen molar-refractivity contribution < 1.29 is 0 Å². The first-order valence-corrected chi connectivity index (χ1v) is 28.1. The van der Waals surface area contributed by atoms with Crippen LogP contribution in [0.1, 0.15) is 0 Å². The Bertz CT molecular complexity index is 4390. The van der Waals surface area contributed by atoms with Crippen LogP contribution in [0, 0.1) is 0 Å².